The Balaban J connectivity index is 1.33. The van der Waals surface area contributed by atoms with E-state index >= 15 is 0 Å². The van der Waals surface area contributed by atoms with Gasteiger partial charge in [0.25, 0.3) is 0 Å². The van der Waals surface area contributed by atoms with Crippen LogP contribution in [0.1, 0.15) is 31.2 Å². The van der Waals surface area contributed by atoms with Crippen LogP contribution in [0.2, 0.25) is 0 Å². The predicted octanol–water partition coefficient (Wildman–Crippen LogP) is 4.85. The summed E-state index contributed by atoms with van der Waals surface area (Å²) < 4.78 is 0. The van der Waals surface area contributed by atoms with Crippen LogP contribution in [-0.2, 0) is 6.54 Å². The highest BCUT2D eigenvalue weighted by molar-refractivity contribution is 5.65. The number of benzene rings is 2. The summed E-state index contributed by atoms with van der Waals surface area (Å²) in [6.45, 7) is 0.728. The van der Waals surface area contributed by atoms with Crippen LogP contribution in [0.15, 0.2) is 59.8 Å². The van der Waals surface area contributed by atoms with Crippen molar-refractivity contribution in [2.75, 3.05) is 0 Å². The molecule has 122 valence electrons. The second-order valence-electron chi connectivity index (χ2n) is 7.67. The van der Waals surface area contributed by atoms with Crippen LogP contribution in [0.4, 0.5) is 0 Å². The molecule has 3 saturated carbocycles. The zero-order chi connectivity index (χ0) is 16.1. The molecule has 0 spiro atoms. The Labute approximate surface area is 143 Å². The van der Waals surface area contributed by atoms with Gasteiger partial charge in [0.15, 0.2) is 0 Å². The van der Waals surface area contributed by atoms with Crippen molar-refractivity contribution in [3.63, 3.8) is 0 Å². The molecule has 0 aromatic heterocycles. The monoisotopic (exact) mass is 317 g/mol. The molecule has 5 aliphatic carbocycles. The van der Waals surface area contributed by atoms with E-state index in [0.717, 1.165) is 41.0 Å². The van der Waals surface area contributed by atoms with E-state index in [1.807, 2.05) is 24.3 Å². The summed E-state index contributed by atoms with van der Waals surface area (Å²) in [6, 6.07) is 16.3. The van der Waals surface area contributed by atoms with E-state index in [1.54, 1.807) is 5.57 Å². The minimum atomic E-state index is 0.389. The molecule has 2 atom stereocenters. The molecule has 0 aliphatic heterocycles. The van der Waals surface area contributed by atoms with E-state index in [2.05, 4.69) is 29.6 Å². The Kier molecular flexibility index (Phi) is 3.19. The van der Waals surface area contributed by atoms with Crippen molar-refractivity contribution in [2.24, 2.45) is 17.8 Å². The van der Waals surface area contributed by atoms with Gasteiger partial charge in [0, 0.05) is 17.8 Å². The summed E-state index contributed by atoms with van der Waals surface area (Å²) in [6.07, 6.45) is 5.50. The molecule has 0 heterocycles. The molecular formula is C22H23NO. The molecule has 2 heteroatoms. The number of allylic oxidation sites excluding steroid dienone is 2. The molecule has 2 nitrogen and oxygen atoms in total. The van der Waals surface area contributed by atoms with Gasteiger partial charge in [0.1, 0.15) is 5.75 Å². The molecule has 2 aromatic rings. The van der Waals surface area contributed by atoms with Gasteiger partial charge in [-0.15, -0.1) is 0 Å². The minimum absolute atomic E-state index is 0.389. The Morgan fingerprint density at radius 1 is 0.917 bits per heavy atom. The molecule has 0 amide bonds. The summed E-state index contributed by atoms with van der Waals surface area (Å²) in [4.78, 5) is 0. The average molecular weight is 317 g/mol. The zero-order valence-electron chi connectivity index (χ0n) is 13.8. The third-order valence-corrected chi connectivity index (χ3v) is 6.21. The fraction of sp³-hybridized carbons (Fsp3) is 0.364. The maximum atomic E-state index is 10.4. The standard InChI is InChI=1S/C22H23NO/c24-21-12-16(15-4-2-1-3-5-15)6-7-17(21)13-23-20-10-14-8-18-11-19(9-14)22(18)20/h1-7,12,14,18-19,23-24H,8-11,13H2. The molecule has 3 fully saturated rings. The van der Waals surface area contributed by atoms with Gasteiger partial charge < -0.3 is 10.4 Å². The number of rotatable bonds is 4. The normalized spacial score (nSPS) is 27.1. The number of phenols is 1. The largest absolute Gasteiger partial charge is 0.508 e. The number of hydrogen-bond donors (Lipinski definition) is 2. The summed E-state index contributed by atoms with van der Waals surface area (Å²) >= 11 is 0. The molecule has 0 saturated heterocycles. The Morgan fingerprint density at radius 3 is 2.42 bits per heavy atom. The van der Waals surface area contributed by atoms with Crippen LogP contribution in [0.25, 0.3) is 11.1 Å². The van der Waals surface area contributed by atoms with Crippen molar-refractivity contribution in [1.29, 1.82) is 0 Å². The summed E-state index contributed by atoms with van der Waals surface area (Å²) in [7, 11) is 0. The van der Waals surface area contributed by atoms with Crippen LogP contribution in [0.5, 0.6) is 5.75 Å². The van der Waals surface area contributed by atoms with Gasteiger partial charge in [0.2, 0.25) is 0 Å². The quantitative estimate of drug-likeness (QED) is 0.844. The van der Waals surface area contributed by atoms with E-state index in [4.69, 9.17) is 0 Å². The van der Waals surface area contributed by atoms with E-state index in [0.29, 0.717) is 5.75 Å². The first-order valence-corrected chi connectivity index (χ1v) is 9.12. The minimum Gasteiger partial charge on any atom is -0.508 e. The van der Waals surface area contributed by atoms with E-state index in [-0.39, 0.29) is 0 Å². The van der Waals surface area contributed by atoms with Gasteiger partial charge in [-0.25, -0.2) is 0 Å². The number of phenolic OH excluding ortho intramolecular Hbond substituents is 1. The highest BCUT2D eigenvalue weighted by Gasteiger charge is 2.48. The summed E-state index contributed by atoms with van der Waals surface area (Å²) in [5, 5.41) is 14.1. The van der Waals surface area contributed by atoms with Crippen molar-refractivity contribution in [3.8, 4) is 16.9 Å². The lowest BCUT2D eigenvalue weighted by molar-refractivity contribution is 0.118. The Morgan fingerprint density at radius 2 is 1.71 bits per heavy atom. The van der Waals surface area contributed by atoms with Crippen molar-refractivity contribution in [1.82, 2.24) is 5.32 Å². The van der Waals surface area contributed by atoms with Crippen LogP contribution >= 0.6 is 0 Å². The van der Waals surface area contributed by atoms with Crippen LogP contribution in [-0.4, -0.2) is 5.11 Å². The third kappa shape index (κ3) is 2.24. The van der Waals surface area contributed by atoms with E-state index < -0.39 is 0 Å². The van der Waals surface area contributed by atoms with Gasteiger partial charge >= 0.3 is 0 Å². The highest BCUT2D eigenvalue weighted by atomic mass is 16.3. The maximum absolute atomic E-state index is 10.4. The van der Waals surface area contributed by atoms with Crippen LogP contribution < -0.4 is 5.32 Å². The van der Waals surface area contributed by atoms with Gasteiger partial charge in [-0.2, -0.15) is 0 Å². The number of nitrogens with one attached hydrogen (secondary N) is 1. The Bertz CT molecular complexity index is 794. The maximum Gasteiger partial charge on any atom is 0.121 e. The summed E-state index contributed by atoms with van der Waals surface area (Å²) in [5.74, 6) is 3.04. The SMILES string of the molecule is Oc1cc(-c2ccccc2)ccc1CNC1=C2C3CC(C1)CC2C3. The molecule has 5 aliphatic rings. The second-order valence-corrected chi connectivity index (χ2v) is 7.67. The van der Waals surface area contributed by atoms with E-state index in [9.17, 15) is 5.11 Å². The lowest BCUT2D eigenvalue weighted by Gasteiger charge is -2.53. The van der Waals surface area contributed by atoms with Gasteiger partial charge in [0.05, 0.1) is 0 Å². The van der Waals surface area contributed by atoms with E-state index in [1.165, 1.54) is 31.4 Å². The average Bonchev–Trinajstić information content (AvgIpc) is 2.61. The van der Waals surface area contributed by atoms with Gasteiger partial charge in [-0.1, -0.05) is 42.5 Å². The first kappa shape index (κ1) is 14.2. The first-order chi connectivity index (χ1) is 11.8. The molecule has 0 radical (unpaired) electrons. The van der Waals surface area contributed by atoms with Crippen LogP contribution in [0.3, 0.4) is 0 Å². The highest BCUT2D eigenvalue weighted by Crippen LogP contribution is 2.58. The second kappa shape index (κ2) is 5.41. The molecular weight excluding hydrogens is 294 g/mol. The summed E-state index contributed by atoms with van der Waals surface area (Å²) in [5.41, 5.74) is 6.40. The predicted molar refractivity (Wildman–Crippen MR) is 96.3 cm³/mol. The first-order valence-electron chi connectivity index (χ1n) is 9.12. The third-order valence-electron chi connectivity index (χ3n) is 6.21. The zero-order valence-corrected chi connectivity index (χ0v) is 13.8. The molecule has 2 unspecified atom stereocenters. The van der Waals surface area contributed by atoms with Crippen LogP contribution in [0, 0.1) is 17.8 Å². The number of aromatic hydroxyl groups is 1. The van der Waals surface area contributed by atoms with Crippen molar-refractivity contribution >= 4 is 0 Å². The molecule has 24 heavy (non-hydrogen) atoms. The van der Waals surface area contributed by atoms with Crippen molar-refractivity contribution in [2.45, 2.75) is 32.2 Å². The van der Waals surface area contributed by atoms with Gasteiger partial charge in [-0.3, -0.25) is 0 Å². The van der Waals surface area contributed by atoms with Crippen molar-refractivity contribution in [3.05, 3.63) is 65.4 Å². The van der Waals surface area contributed by atoms with Crippen molar-refractivity contribution < 1.29 is 5.11 Å². The fourth-order valence-electron chi connectivity index (χ4n) is 5.08. The Hall–Kier alpha value is -2.22. The molecule has 4 bridgehead atoms. The number of fused-ring (bicyclic) bond motifs is 1. The molecule has 2 aromatic carbocycles. The topological polar surface area (TPSA) is 32.3 Å². The molecule has 2 N–H and O–H groups in total. The fourth-order valence-corrected chi connectivity index (χ4v) is 5.08. The lowest BCUT2D eigenvalue weighted by Crippen LogP contribution is -2.44. The lowest BCUT2D eigenvalue weighted by atomic mass is 9.53. The molecule has 7 rings (SSSR count). The van der Waals surface area contributed by atoms with Gasteiger partial charge in [-0.05, 0) is 66.2 Å². The smallest absolute Gasteiger partial charge is 0.121 e. The number of hydrogen-bond acceptors (Lipinski definition) is 2.